The van der Waals surface area contributed by atoms with Crippen LogP contribution < -0.4 is 5.32 Å². The summed E-state index contributed by atoms with van der Waals surface area (Å²) in [5.74, 6) is 0.638. The Morgan fingerprint density at radius 2 is 2.19 bits per heavy atom. The van der Waals surface area contributed by atoms with E-state index in [2.05, 4.69) is 65.6 Å². The topological polar surface area (TPSA) is 102 Å². The van der Waals surface area contributed by atoms with Gasteiger partial charge in [-0.3, -0.25) is 4.99 Å². The number of H-pyrrole nitrogens is 1. The van der Waals surface area contributed by atoms with Crippen molar-refractivity contribution >= 4 is 52.4 Å². The van der Waals surface area contributed by atoms with Crippen LogP contribution >= 0.6 is 22.6 Å². The minimum Gasteiger partial charge on any atom is -0.369 e. The molecule has 0 radical (unpaired) electrons. The molecule has 0 saturated heterocycles. The van der Waals surface area contributed by atoms with E-state index >= 15 is 0 Å². The third-order valence-electron chi connectivity index (χ3n) is 5.09. The van der Waals surface area contributed by atoms with Crippen molar-refractivity contribution in [3.05, 3.63) is 88.0 Å². The fourth-order valence-electron chi connectivity index (χ4n) is 3.52. The van der Waals surface area contributed by atoms with Crippen LogP contribution in [-0.4, -0.2) is 42.7 Å². The lowest BCUT2D eigenvalue weighted by atomic mass is 9.97. The van der Waals surface area contributed by atoms with Crippen LogP contribution in [-0.2, 0) is 0 Å². The molecule has 0 fully saturated rings. The molecule has 0 amide bonds. The number of benzene rings is 1. The highest BCUT2D eigenvalue weighted by atomic mass is 127. The second-order valence-corrected chi connectivity index (χ2v) is 7.77. The Bertz CT molecular complexity index is 1240. The van der Waals surface area contributed by atoms with Gasteiger partial charge in [0.2, 0.25) is 0 Å². The normalized spacial score (nSPS) is 17.6. The Hall–Kier alpha value is -3.31. The first-order chi connectivity index (χ1) is 15.6. The van der Waals surface area contributed by atoms with Crippen molar-refractivity contribution in [2.24, 2.45) is 4.99 Å². The molecule has 0 aliphatic carbocycles. The van der Waals surface area contributed by atoms with Crippen LogP contribution in [0.3, 0.4) is 0 Å². The van der Waals surface area contributed by atoms with E-state index in [1.165, 1.54) is 6.33 Å². The van der Waals surface area contributed by atoms with E-state index in [1.54, 1.807) is 6.33 Å². The second kappa shape index (κ2) is 9.88. The van der Waals surface area contributed by atoms with Crippen LogP contribution in [0.1, 0.15) is 24.3 Å². The van der Waals surface area contributed by atoms with Crippen molar-refractivity contribution in [3.63, 3.8) is 0 Å². The van der Waals surface area contributed by atoms with Crippen LogP contribution in [0.25, 0.3) is 17.2 Å². The molecule has 8 nitrogen and oxygen atoms in total. The standard InChI is InChI=1S/C23H22IN7O/c1-15(30-22-20-21(27-13-26-20)28-14-29-22)19-12-16-6-3-4-8-18(16)23(32)31(19)11-9-17(25-2)7-5-10-24/h3-15,23,32H,2H2,1H3,(H2,26,27,28,29,30)/b10-5-,11-9+,17-7+/t15-,23?/m0/s1. The lowest BCUT2D eigenvalue weighted by Crippen LogP contribution is -2.35. The van der Waals surface area contributed by atoms with Gasteiger partial charge < -0.3 is 20.3 Å². The van der Waals surface area contributed by atoms with Crippen LogP contribution in [0.15, 0.2) is 81.8 Å². The molecule has 9 heteroatoms. The van der Waals surface area contributed by atoms with E-state index in [0.717, 1.165) is 22.3 Å². The molecule has 2 aromatic heterocycles. The van der Waals surface area contributed by atoms with Gasteiger partial charge in [-0.15, -0.1) is 0 Å². The number of halogens is 1. The average molecular weight is 539 g/mol. The number of nitrogens with one attached hydrogen (secondary N) is 2. The molecule has 3 heterocycles. The Morgan fingerprint density at radius 3 is 3.00 bits per heavy atom. The van der Waals surface area contributed by atoms with Crippen LogP contribution in [0.2, 0.25) is 0 Å². The fraction of sp³-hybridized carbons (Fsp3) is 0.130. The molecule has 3 N–H and O–H groups in total. The zero-order valence-electron chi connectivity index (χ0n) is 17.4. The largest absolute Gasteiger partial charge is 0.369 e. The van der Waals surface area contributed by atoms with Crippen LogP contribution in [0.5, 0.6) is 0 Å². The number of nitrogens with zero attached hydrogens (tertiary/aromatic N) is 5. The molecule has 1 aliphatic heterocycles. The lowest BCUT2D eigenvalue weighted by Gasteiger charge is -2.37. The van der Waals surface area contributed by atoms with E-state index in [-0.39, 0.29) is 6.04 Å². The van der Waals surface area contributed by atoms with Gasteiger partial charge in [-0.25, -0.2) is 15.0 Å². The number of hydrogen-bond donors (Lipinski definition) is 3. The number of fused-ring (bicyclic) bond motifs is 2. The van der Waals surface area contributed by atoms with Crippen LogP contribution in [0.4, 0.5) is 5.82 Å². The van der Waals surface area contributed by atoms with Crippen molar-refractivity contribution in [2.75, 3.05) is 5.32 Å². The number of aromatic amines is 1. The number of rotatable bonds is 7. The number of aromatic nitrogens is 4. The molecular formula is C23H22IN7O. The minimum absolute atomic E-state index is 0.192. The molecule has 1 aliphatic rings. The highest BCUT2D eigenvalue weighted by Crippen LogP contribution is 2.35. The number of aliphatic hydroxyl groups is 1. The fourth-order valence-corrected chi connectivity index (χ4v) is 3.73. The number of aliphatic imine (C=N–C) groups is 1. The summed E-state index contributed by atoms with van der Waals surface area (Å²) in [5, 5.41) is 14.6. The Morgan fingerprint density at radius 1 is 1.34 bits per heavy atom. The summed E-state index contributed by atoms with van der Waals surface area (Å²) in [6.07, 6.45) is 11.6. The molecule has 3 aromatic rings. The Labute approximate surface area is 199 Å². The molecule has 0 saturated carbocycles. The maximum absolute atomic E-state index is 11.2. The first-order valence-electron chi connectivity index (χ1n) is 9.92. The van der Waals surface area contributed by atoms with Gasteiger partial charge in [-0.1, -0.05) is 52.9 Å². The van der Waals surface area contributed by atoms with Gasteiger partial charge in [-0.2, -0.15) is 0 Å². The minimum atomic E-state index is -0.851. The number of allylic oxidation sites excluding steroid dienone is 3. The number of aliphatic hydroxyl groups excluding tert-OH is 1. The van der Waals surface area contributed by atoms with Gasteiger partial charge in [0.1, 0.15) is 11.8 Å². The average Bonchev–Trinajstić information content (AvgIpc) is 3.30. The van der Waals surface area contributed by atoms with Gasteiger partial charge in [0.15, 0.2) is 17.7 Å². The van der Waals surface area contributed by atoms with Crippen molar-refractivity contribution in [1.29, 1.82) is 0 Å². The molecule has 4 rings (SSSR count). The quantitative estimate of drug-likeness (QED) is 0.232. The Balaban J connectivity index is 1.71. The molecule has 162 valence electrons. The SMILES string of the molecule is C=NC(/C=C/N1C([C@H](C)Nc2ncnc3nc[nH]c23)=Cc2ccccc2C1O)=C/C=C\I. The summed E-state index contributed by atoms with van der Waals surface area (Å²) in [4.78, 5) is 21.6. The Kier molecular flexibility index (Phi) is 6.76. The van der Waals surface area contributed by atoms with Crippen molar-refractivity contribution < 1.29 is 5.11 Å². The monoisotopic (exact) mass is 539 g/mol. The molecule has 32 heavy (non-hydrogen) atoms. The van der Waals surface area contributed by atoms with Gasteiger partial charge in [-0.05, 0) is 41.5 Å². The first-order valence-corrected chi connectivity index (χ1v) is 11.2. The van der Waals surface area contributed by atoms with E-state index in [9.17, 15) is 5.11 Å². The van der Waals surface area contributed by atoms with E-state index in [4.69, 9.17) is 0 Å². The third kappa shape index (κ3) is 4.48. The van der Waals surface area contributed by atoms with Crippen LogP contribution in [0, 0.1) is 0 Å². The van der Waals surface area contributed by atoms with Crippen molar-refractivity contribution in [3.8, 4) is 0 Å². The van der Waals surface area contributed by atoms with E-state index in [0.29, 0.717) is 17.2 Å². The number of hydrogen-bond acceptors (Lipinski definition) is 7. The number of anilines is 1. The summed E-state index contributed by atoms with van der Waals surface area (Å²) in [7, 11) is 0. The second-order valence-electron chi connectivity index (χ2n) is 7.05. The van der Waals surface area contributed by atoms with E-state index < -0.39 is 6.23 Å². The van der Waals surface area contributed by atoms with Gasteiger partial charge in [0, 0.05) is 17.5 Å². The summed E-state index contributed by atoms with van der Waals surface area (Å²) in [5.41, 5.74) is 4.66. The van der Waals surface area contributed by atoms with Gasteiger partial charge in [0.25, 0.3) is 0 Å². The molecule has 1 unspecified atom stereocenters. The molecular weight excluding hydrogens is 517 g/mol. The zero-order chi connectivity index (χ0) is 22.5. The molecule has 1 aromatic carbocycles. The van der Waals surface area contributed by atoms with Gasteiger partial charge >= 0.3 is 0 Å². The predicted molar refractivity (Wildman–Crippen MR) is 136 cm³/mol. The van der Waals surface area contributed by atoms with E-state index in [1.807, 2.05) is 64.6 Å². The van der Waals surface area contributed by atoms with Crippen molar-refractivity contribution in [1.82, 2.24) is 24.8 Å². The predicted octanol–water partition coefficient (Wildman–Crippen LogP) is 4.55. The van der Waals surface area contributed by atoms with Crippen molar-refractivity contribution in [2.45, 2.75) is 19.2 Å². The smallest absolute Gasteiger partial charge is 0.182 e. The summed E-state index contributed by atoms with van der Waals surface area (Å²) >= 11 is 2.14. The highest BCUT2D eigenvalue weighted by Gasteiger charge is 2.28. The molecule has 0 spiro atoms. The summed E-state index contributed by atoms with van der Waals surface area (Å²) < 4.78 is 1.89. The lowest BCUT2D eigenvalue weighted by molar-refractivity contribution is 0.0546. The molecule has 0 bridgehead atoms. The summed E-state index contributed by atoms with van der Waals surface area (Å²) in [6, 6.07) is 7.60. The van der Waals surface area contributed by atoms with Gasteiger partial charge in [0.05, 0.1) is 18.1 Å². The first kappa shape index (κ1) is 21.9. The maximum Gasteiger partial charge on any atom is 0.182 e. The molecule has 2 atom stereocenters. The third-order valence-corrected chi connectivity index (χ3v) is 5.50. The summed E-state index contributed by atoms with van der Waals surface area (Å²) in [6.45, 7) is 5.64. The highest BCUT2D eigenvalue weighted by molar-refractivity contribution is 14.1. The maximum atomic E-state index is 11.2. The number of imidazole rings is 1. The zero-order valence-corrected chi connectivity index (χ0v) is 19.5.